The van der Waals surface area contributed by atoms with Gasteiger partial charge in [-0.15, -0.1) is 0 Å². The van der Waals surface area contributed by atoms with Crippen molar-refractivity contribution in [2.24, 2.45) is 5.92 Å². The molecule has 0 radical (unpaired) electrons. The van der Waals surface area contributed by atoms with E-state index in [-0.39, 0.29) is 18.6 Å². The molecule has 1 amide bonds. The van der Waals surface area contributed by atoms with Gasteiger partial charge in [-0.25, -0.2) is 4.79 Å². The number of carbonyl (C=O) groups is 2. The van der Waals surface area contributed by atoms with Crippen molar-refractivity contribution in [3.05, 3.63) is 0 Å². The largest absolute Gasteiger partial charge is 0.481 e. The summed E-state index contributed by atoms with van der Waals surface area (Å²) < 4.78 is 4.93. The van der Waals surface area contributed by atoms with Gasteiger partial charge in [-0.1, -0.05) is 13.3 Å². The lowest BCUT2D eigenvalue weighted by Crippen LogP contribution is -2.51. The minimum Gasteiger partial charge on any atom is -0.481 e. The molecule has 0 aliphatic carbocycles. The maximum atomic E-state index is 11.6. The first-order valence-electron chi connectivity index (χ1n) is 7.92. The molecule has 0 bridgehead atoms. The number of carboxylic acids is 1. The number of aliphatic carboxylic acids is 1. The van der Waals surface area contributed by atoms with Gasteiger partial charge in [-0.2, -0.15) is 0 Å². The van der Waals surface area contributed by atoms with Gasteiger partial charge in [0.1, 0.15) is 0 Å². The van der Waals surface area contributed by atoms with Crippen LogP contribution >= 0.6 is 0 Å². The number of amides is 1. The normalized spacial score (nSPS) is 22.8. The number of unbranched alkanes of at least 4 members (excludes halogenated alkanes) is 1. The van der Waals surface area contributed by atoms with Crippen molar-refractivity contribution in [2.75, 3.05) is 26.2 Å². The Morgan fingerprint density at radius 2 is 2.10 bits per heavy atom. The molecule has 2 unspecified atom stereocenters. The SMILES string of the molecule is CCCCN1CC(CCC(=O)O)CC(NC(=O)OCC)C1. The van der Waals surface area contributed by atoms with E-state index in [1.54, 1.807) is 6.92 Å². The van der Waals surface area contributed by atoms with E-state index in [1.165, 1.54) is 0 Å². The zero-order chi connectivity index (χ0) is 15.7. The number of likely N-dealkylation sites (tertiary alicyclic amines) is 1. The lowest BCUT2D eigenvalue weighted by atomic mass is 9.90. The molecule has 2 N–H and O–H groups in total. The van der Waals surface area contributed by atoms with Gasteiger partial charge in [0.15, 0.2) is 0 Å². The van der Waals surface area contributed by atoms with Gasteiger partial charge in [0.25, 0.3) is 0 Å². The summed E-state index contributed by atoms with van der Waals surface area (Å²) in [7, 11) is 0. The molecule has 1 fully saturated rings. The Bertz CT molecular complexity index is 336. The molecule has 122 valence electrons. The quantitative estimate of drug-likeness (QED) is 0.717. The van der Waals surface area contributed by atoms with Crippen LogP contribution in [0.4, 0.5) is 4.79 Å². The molecular weight excluding hydrogens is 272 g/mol. The molecule has 6 nitrogen and oxygen atoms in total. The lowest BCUT2D eigenvalue weighted by Gasteiger charge is -2.38. The predicted octanol–water partition coefficient (Wildman–Crippen LogP) is 2.09. The van der Waals surface area contributed by atoms with Crippen molar-refractivity contribution >= 4 is 12.1 Å². The fourth-order valence-electron chi connectivity index (χ4n) is 2.85. The van der Waals surface area contributed by atoms with Crippen LogP contribution in [0.1, 0.15) is 46.0 Å². The number of nitrogens with zero attached hydrogens (tertiary/aromatic N) is 1. The molecule has 0 spiro atoms. The number of nitrogens with one attached hydrogen (secondary N) is 1. The molecule has 21 heavy (non-hydrogen) atoms. The highest BCUT2D eigenvalue weighted by molar-refractivity contribution is 5.67. The number of hydrogen-bond donors (Lipinski definition) is 2. The van der Waals surface area contributed by atoms with Crippen molar-refractivity contribution in [1.82, 2.24) is 10.2 Å². The topological polar surface area (TPSA) is 78.9 Å². The molecule has 1 aliphatic rings. The van der Waals surface area contributed by atoms with Crippen LogP contribution in [0.2, 0.25) is 0 Å². The Morgan fingerprint density at radius 3 is 2.71 bits per heavy atom. The molecule has 0 saturated carbocycles. The average Bonchev–Trinajstić information content (AvgIpc) is 2.43. The van der Waals surface area contributed by atoms with Crippen LogP contribution in [0.15, 0.2) is 0 Å². The van der Waals surface area contributed by atoms with E-state index < -0.39 is 5.97 Å². The first-order chi connectivity index (χ1) is 10.0. The third-order valence-corrected chi connectivity index (χ3v) is 3.80. The van der Waals surface area contributed by atoms with E-state index in [0.29, 0.717) is 18.9 Å². The second-order valence-electron chi connectivity index (χ2n) is 5.71. The second kappa shape index (κ2) is 9.60. The second-order valence-corrected chi connectivity index (χ2v) is 5.71. The van der Waals surface area contributed by atoms with Crippen LogP contribution < -0.4 is 5.32 Å². The number of alkyl carbamates (subject to hydrolysis) is 1. The third-order valence-electron chi connectivity index (χ3n) is 3.80. The Morgan fingerprint density at radius 1 is 1.33 bits per heavy atom. The van der Waals surface area contributed by atoms with Gasteiger partial charge in [0.2, 0.25) is 0 Å². The summed E-state index contributed by atoms with van der Waals surface area (Å²) in [6.45, 7) is 7.04. The van der Waals surface area contributed by atoms with Crippen LogP contribution in [0.3, 0.4) is 0 Å². The minimum atomic E-state index is -0.754. The fourth-order valence-corrected chi connectivity index (χ4v) is 2.85. The zero-order valence-corrected chi connectivity index (χ0v) is 13.1. The van der Waals surface area contributed by atoms with Crippen molar-refractivity contribution in [3.63, 3.8) is 0 Å². The number of piperidine rings is 1. The predicted molar refractivity (Wildman–Crippen MR) is 80.3 cm³/mol. The fraction of sp³-hybridized carbons (Fsp3) is 0.867. The Balaban J connectivity index is 2.52. The summed E-state index contributed by atoms with van der Waals surface area (Å²) in [5, 5.41) is 11.7. The van der Waals surface area contributed by atoms with E-state index in [4.69, 9.17) is 9.84 Å². The van der Waals surface area contributed by atoms with Crippen LogP contribution in [0, 0.1) is 5.92 Å². The van der Waals surface area contributed by atoms with Crippen LogP contribution in [0.25, 0.3) is 0 Å². The van der Waals surface area contributed by atoms with Crippen LogP contribution in [0.5, 0.6) is 0 Å². The summed E-state index contributed by atoms with van der Waals surface area (Å²) in [4.78, 5) is 24.6. The van der Waals surface area contributed by atoms with Gasteiger partial charge in [-0.05, 0) is 38.6 Å². The summed E-state index contributed by atoms with van der Waals surface area (Å²) >= 11 is 0. The lowest BCUT2D eigenvalue weighted by molar-refractivity contribution is -0.137. The average molecular weight is 300 g/mol. The Hall–Kier alpha value is -1.30. The molecule has 6 heteroatoms. The van der Waals surface area contributed by atoms with E-state index in [1.807, 2.05) is 0 Å². The first kappa shape index (κ1) is 17.8. The van der Waals surface area contributed by atoms with E-state index in [0.717, 1.165) is 38.9 Å². The highest BCUT2D eigenvalue weighted by Gasteiger charge is 2.28. The smallest absolute Gasteiger partial charge is 0.407 e. The molecule has 2 atom stereocenters. The van der Waals surface area contributed by atoms with Crippen LogP contribution in [-0.4, -0.2) is 54.4 Å². The standard InChI is InChI=1S/C15H28N2O4/c1-3-5-8-17-10-12(6-7-14(18)19)9-13(11-17)16-15(20)21-4-2/h12-13H,3-11H2,1-2H3,(H,16,20)(H,18,19). The third kappa shape index (κ3) is 7.32. The molecular formula is C15H28N2O4. The maximum Gasteiger partial charge on any atom is 0.407 e. The van der Waals surface area contributed by atoms with Gasteiger partial charge >= 0.3 is 12.1 Å². The number of rotatable bonds is 8. The minimum absolute atomic E-state index is 0.0495. The molecule has 1 saturated heterocycles. The molecule has 1 rings (SSSR count). The number of carbonyl (C=O) groups excluding carboxylic acids is 1. The zero-order valence-electron chi connectivity index (χ0n) is 13.1. The molecule has 0 aromatic rings. The van der Waals surface area contributed by atoms with Gasteiger partial charge < -0.3 is 20.1 Å². The van der Waals surface area contributed by atoms with Crippen LogP contribution in [-0.2, 0) is 9.53 Å². The Labute approximate surface area is 126 Å². The van der Waals surface area contributed by atoms with Gasteiger partial charge in [0.05, 0.1) is 6.61 Å². The first-order valence-corrected chi connectivity index (χ1v) is 7.92. The monoisotopic (exact) mass is 300 g/mol. The van der Waals surface area contributed by atoms with Crippen molar-refractivity contribution in [1.29, 1.82) is 0 Å². The summed E-state index contributed by atoms with van der Waals surface area (Å²) in [5.41, 5.74) is 0. The molecule has 1 aliphatic heterocycles. The number of carboxylic acid groups (broad SMARTS) is 1. The van der Waals surface area contributed by atoms with E-state index in [2.05, 4.69) is 17.1 Å². The summed E-state index contributed by atoms with van der Waals surface area (Å²) in [5.74, 6) is -0.436. The van der Waals surface area contributed by atoms with Gasteiger partial charge in [0, 0.05) is 25.6 Å². The summed E-state index contributed by atoms with van der Waals surface area (Å²) in [6, 6.07) is 0.0495. The van der Waals surface area contributed by atoms with E-state index in [9.17, 15) is 9.59 Å². The van der Waals surface area contributed by atoms with E-state index >= 15 is 0 Å². The highest BCUT2D eigenvalue weighted by atomic mass is 16.5. The number of ether oxygens (including phenoxy) is 1. The maximum absolute atomic E-state index is 11.6. The highest BCUT2D eigenvalue weighted by Crippen LogP contribution is 2.22. The summed E-state index contributed by atoms with van der Waals surface area (Å²) in [6.07, 6.45) is 3.56. The Kier molecular flexibility index (Phi) is 8.12. The van der Waals surface area contributed by atoms with Gasteiger partial charge in [-0.3, -0.25) is 4.79 Å². The van der Waals surface area contributed by atoms with Crippen molar-refractivity contribution in [2.45, 2.75) is 52.0 Å². The van der Waals surface area contributed by atoms with Crippen molar-refractivity contribution in [3.8, 4) is 0 Å². The van der Waals surface area contributed by atoms with Crippen molar-refractivity contribution < 1.29 is 19.4 Å². The molecule has 1 heterocycles. The molecule has 0 aromatic carbocycles. The molecule has 0 aromatic heterocycles. The number of hydrogen-bond acceptors (Lipinski definition) is 4.